The molecule has 0 atom stereocenters. The molecule has 6 nitrogen and oxygen atoms in total. The number of amides is 1. The number of hydrogen-bond donors (Lipinski definition) is 0. The number of carbonyl (C=O) groups is 1. The van der Waals surface area contributed by atoms with Gasteiger partial charge in [-0.15, -0.1) is 0 Å². The van der Waals surface area contributed by atoms with Crippen molar-refractivity contribution in [3.8, 4) is 0 Å². The number of piperidine rings is 1. The third-order valence-corrected chi connectivity index (χ3v) is 5.48. The van der Waals surface area contributed by atoms with Crippen molar-refractivity contribution in [2.75, 3.05) is 13.1 Å². The largest absolute Gasteiger partial charge is 0.341 e. The maximum Gasteiger partial charge on any atom is 0.242 e. The molecule has 1 fully saturated rings. The number of likely N-dealkylation sites (tertiary alicyclic amines) is 1. The van der Waals surface area contributed by atoms with E-state index in [4.69, 9.17) is 0 Å². The standard InChI is InChI=1S/C21H24N4O2/c26-20-9-14-24(19-5-2-1-4-18(19)20)16-21(27)23-12-6-17(7-13-23)8-15-25-11-3-10-22-25/h1-5,9-11,14,17H,6-8,12-13,15-16H2. The van der Waals surface area contributed by atoms with Crippen LogP contribution in [0.2, 0.25) is 0 Å². The van der Waals surface area contributed by atoms with Gasteiger partial charge in [-0.2, -0.15) is 5.10 Å². The topological polar surface area (TPSA) is 60.1 Å². The highest BCUT2D eigenvalue weighted by atomic mass is 16.2. The fourth-order valence-electron chi connectivity index (χ4n) is 3.86. The first-order valence-electron chi connectivity index (χ1n) is 9.54. The molecule has 0 unspecified atom stereocenters. The zero-order valence-electron chi connectivity index (χ0n) is 15.3. The molecule has 1 aliphatic rings. The van der Waals surface area contributed by atoms with Gasteiger partial charge in [-0.05, 0) is 43.4 Å². The number of aryl methyl sites for hydroxylation is 1. The normalized spacial score (nSPS) is 15.3. The Morgan fingerprint density at radius 3 is 2.67 bits per heavy atom. The predicted molar refractivity (Wildman–Crippen MR) is 104 cm³/mol. The molecular weight excluding hydrogens is 340 g/mol. The summed E-state index contributed by atoms with van der Waals surface area (Å²) in [5, 5.41) is 4.91. The van der Waals surface area contributed by atoms with Crippen molar-refractivity contribution in [3.05, 3.63) is 65.2 Å². The summed E-state index contributed by atoms with van der Waals surface area (Å²) in [5.41, 5.74) is 0.805. The first kappa shape index (κ1) is 17.5. The molecule has 27 heavy (non-hydrogen) atoms. The minimum absolute atomic E-state index is 0.00713. The van der Waals surface area contributed by atoms with Gasteiger partial charge in [-0.3, -0.25) is 14.3 Å². The van der Waals surface area contributed by atoms with Crippen molar-refractivity contribution in [1.29, 1.82) is 0 Å². The van der Waals surface area contributed by atoms with E-state index in [1.807, 2.05) is 56.9 Å². The van der Waals surface area contributed by atoms with Crippen LogP contribution < -0.4 is 5.43 Å². The van der Waals surface area contributed by atoms with E-state index in [1.54, 1.807) is 6.20 Å². The Balaban J connectivity index is 1.35. The molecular formula is C21H24N4O2. The van der Waals surface area contributed by atoms with E-state index in [0.29, 0.717) is 11.3 Å². The molecule has 0 saturated carbocycles. The highest BCUT2D eigenvalue weighted by Gasteiger charge is 2.23. The fraction of sp³-hybridized carbons (Fsp3) is 0.381. The molecule has 140 valence electrons. The third kappa shape index (κ3) is 3.94. The minimum Gasteiger partial charge on any atom is -0.341 e. The molecule has 0 radical (unpaired) electrons. The highest BCUT2D eigenvalue weighted by Crippen LogP contribution is 2.21. The van der Waals surface area contributed by atoms with Crippen molar-refractivity contribution < 1.29 is 4.79 Å². The van der Waals surface area contributed by atoms with Crippen molar-refractivity contribution in [2.45, 2.75) is 32.4 Å². The number of aromatic nitrogens is 3. The van der Waals surface area contributed by atoms with Crippen molar-refractivity contribution in [1.82, 2.24) is 19.2 Å². The van der Waals surface area contributed by atoms with Gasteiger partial charge in [0.2, 0.25) is 5.91 Å². The van der Waals surface area contributed by atoms with E-state index in [2.05, 4.69) is 5.10 Å². The van der Waals surface area contributed by atoms with E-state index in [0.717, 1.165) is 44.4 Å². The SMILES string of the molecule is O=C(Cn1ccc(=O)c2ccccc21)N1CCC(CCn2cccn2)CC1. The molecule has 0 aliphatic carbocycles. The van der Waals surface area contributed by atoms with Gasteiger partial charge >= 0.3 is 0 Å². The van der Waals surface area contributed by atoms with Gasteiger partial charge in [0.1, 0.15) is 6.54 Å². The highest BCUT2D eigenvalue weighted by molar-refractivity contribution is 5.82. The lowest BCUT2D eigenvalue weighted by molar-refractivity contribution is -0.133. The molecule has 1 saturated heterocycles. The van der Waals surface area contributed by atoms with Gasteiger partial charge in [0.05, 0.1) is 5.52 Å². The van der Waals surface area contributed by atoms with Gasteiger partial charge in [0, 0.05) is 49.7 Å². The average Bonchev–Trinajstić information content (AvgIpc) is 3.23. The zero-order valence-corrected chi connectivity index (χ0v) is 15.3. The number of hydrogen-bond acceptors (Lipinski definition) is 3. The first-order chi connectivity index (χ1) is 13.2. The van der Waals surface area contributed by atoms with Gasteiger partial charge in [0.15, 0.2) is 5.43 Å². The Kier molecular flexibility index (Phi) is 5.05. The maximum absolute atomic E-state index is 12.8. The fourth-order valence-corrected chi connectivity index (χ4v) is 3.86. The lowest BCUT2D eigenvalue weighted by atomic mass is 9.93. The summed E-state index contributed by atoms with van der Waals surface area (Å²) in [5.74, 6) is 0.765. The number of carbonyl (C=O) groups excluding carboxylic acids is 1. The van der Waals surface area contributed by atoms with E-state index in [9.17, 15) is 9.59 Å². The summed E-state index contributed by atoms with van der Waals surface area (Å²) in [6.07, 6.45) is 8.71. The van der Waals surface area contributed by atoms with E-state index in [-0.39, 0.29) is 17.9 Å². The molecule has 1 aliphatic heterocycles. The third-order valence-electron chi connectivity index (χ3n) is 5.48. The van der Waals surface area contributed by atoms with Gasteiger partial charge in [-0.1, -0.05) is 12.1 Å². The Bertz CT molecular complexity index is 969. The number of benzene rings is 1. The smallest absolute Gasteiger partial charge is 0.242 e. The number of rotatable bonds is 5. The maximum atomic E-state index is 12.8. The summed E-state index contributed by atoms with van der Waals surface area (Å²) < 4.78 is 3.85. The number of pyridine rings is 1. The van der Waals surface area contributed by atoms with Crippen LogP contribution in [0.15, 0.2) is 59.8 Å². The number of nitrogens with zero attached hydrogens (tertiary/aromatic N) is 4. The molecule has 0 spiro atoms. The molecule has 0 bridgehead atoms. The molecule has 3 aromatic rings. The van der Waals surface area contributed by atoms with Crippen molar-refractivity contribution in [3.63, 3.8) is 0 Å². The lowest BCUT2D eigenvalue weighted by Gasteiger charge is -2.32. The molecule has 1 aromatic carbocycles. The summed E-state index contributed by atoms with van der Waals surface area (Å²) in [6.45, 7) is 2.83. The van der Waals surface area contributed by atoms with Gasteiger partial charge < -0.3 is 9.47 Å². The second kappa shape index (κ2) is 7.78. The van der Waals surface area contributed by atoms with Crippen LogP contribution in [-0.2, 0) is 17.9 Å². The second-order valence-electron chi connectivity index (χ2n) is 7.21. The summed E-state index contributed by atoms with van der Waals surface area (Å²) in [4.78, 5) is 26.7. The van der Waals surface area contributed by atoms with Crippen molar-refractivity contribution in [2.24, 2.45) is 5.92 Å². The van der Waals surface area contributed by atoms with Crippen LogP contribution >= 0.6 is 0 Å². The van der Waals surface area contributed by atoms with Gasteiger partial charge in [0.25, 0.3) is 0 Å². The molecule has 1 amide bonds. The molecule has 4 rings (SSSR count). The van der Waals surface area contributed by atoms with E-state index >= 15 is 0 Å². The zero-order chi connectivity index (χ0) is 18.6. The summed E-state index contributed by atoms with van der Waals surface area (Å²) in [6, 6.07) is 10.9. The Morgan fingerprint density at radius 1 is 1.07 bits per heavy atom. The number of fused-ring (bicyclic) bond motifs is 1. The minimum atomic E-state index is -0.00713. The van der Waals surface area contributed by atoms with Crippen molar-refractivity contribution >= 4 is 16.8 Å². The van der Waals surface area contributed by atoms with Crippen LogP contribution in [0, 0.1) is 5.92 Å². The summed E-state index contributed by atoms with van der Waals surface area (Å²) in [7, 11) is 0. The average molecular weight is 364 g/mol. The predicted octanol–water partition coefficient (Wildman–Crippen LogP) is 2.53. The molecule has 3 heterocycles. The molecule has 6 heteroatoms. The lowest BCUT2D eigenvalue weighted by Crippen LogP contribution is -2.40. The quantitative estimate of drug-likeness (QED) is 0.699. The van der Waals surface area contributed by atoms with Crippen LogP contribution in [0.3, 0.4) is 0 Å². The van der Waals surface area contributed by atoms with Crippen LogP contribution in [0.5, 0.6) is 0 Å². The first-order valence-corrected chi connectivity index (χ1v) is 9.54. The Morgan fingerprint density at radius 2 is 1.89 bits per heavy atom. The second-order valence-corrected chi connectivity index (χ2v) is 7.21. The van der Waals surface area contributed by atoms with Crippen LogP contribution in [0.4, 0.5) is 0 Å². The van der Waals surface area contributed by atoms with Crippen LogP contribution in [-0.4, -0.2) is 38.2 Å². The van der Waals surface area contributed by atoms with Gasteiger partial charge in [-0.25, -0.2) is 0 Å². The number of para-hydroxylation sites is 1. The molecule has 0 N–H and O–H groups in total. The Hall–Kier alpha value is -2.89. The van der Waals surface area contributed by atoms with Crippen LogP contribution in [0.1, 0.15) is 19.3 Å². The molecule has 2 aromatic heterocycles. The van der Waals surface area contributed by atoms with Crippen LogP contribution in [0.25, 0.3) is 10.9 Å². The van der Waals surface area contributed by atoms with E-state index in [1.165, 1.54) is 6.07 Å². The monoisotopic (exact) mass is 364 g/mol. The van der Waals surface area contributed by atoms with E-state index < -0.39 is 0 Å². The Labute approximate surface area is 158 Å². The summed E-state index contributed by atoms with van der Waals surface area (Å²) >= 11 is 0.